The van der Waals surface area contributed by atoms with Crippen LogP contribution in [0.5, 0.6) is 0 Å². The van der Waals surface area contributed by atoms with Crippen LogP contribution in [0, 0.1) is 27.7 Å². The molecule has 0 bridgehead atoms. The molecule has 168 valence electrons. The highest BCUT2D eigenvalue weighted by Gasteiger charge is 2.32. The molecular weight excluding hydrogens is 432 g/mol. The van der Waals surface area contributed by atoms with Crippen LogP contribution in [0.1, 0.15) is 22.4 Å². The molecule has 1 amide bonds. The number of nitrogens with zero attached hydrogens (tertiary/aromatic N) is 1. The number of anilines is 2. The van der Waals surface area contributed by atoms with Gasteiger partial charge < -0.3 is 10.3 Å². The lowest BCUT2D eigenvalue weighted by atomic mass is 10.1. The Bertz CT molecular complexity index is 1390. The van der Waals surface area contributed by atoms with Gasteiger partial charge >= 0.3 is 5.69 Å². The summed E-state index contributed by atoms with van der Waals surface area (Å²) < 4.78 is 28.0. The number of rotatable bonds is 6. The highest BCUT2D eigenvalue weighted by molar-refractivity contribution is 7.92. The molecule has 0 radical (unpaired) electrons. The Balaban J connectivity index is 2.11. The summed E-state index contributed by atoms with van der Waals surface area (Å²) in [6.07, 6.45) is 0. The third-order valence-electron chi connectivity index (χ3n) is 4.82. The molecule has 1 heterocycles. The highest BCUT2D eigenvalue weighted by Crippen LogP contribution is 2.25. The van der Waals surface area contributed by atoms with Crippen LogP contribution >= 0.6 is 0 Å². The number of nitrogens with one attached hydrogen (secondary N) is 3. The Kier molecular flexibility index (Phi) is 6.35. The van der Waals surface area contributed by atoms with Crippen LogP contribution in [-0.4, -0.2) is 30.8 Å². The summed E-state index contributed by atoms with van der Waals surface area (Å²) in [7, 11) is -4.50. The lowest BCUT2D eigenvalue weighted by Crippen LogP contribution is -2.42. The fourth-order valence-electron chi connectivity index (χ4n) is 3.45. The van der Waals surface area contributed by atoms with Crippen LogP contribution in [0.4, 0.5) is 11.4 Å². The van der Waals surface area contributed by atoms with E-state index in [0.717, 1.165) is 21.0 Å². The van der Waals surface area contributed by atoms with Crippen molar-refractivity contribution in [3.63, 3.8) is 0 Å². The van der Waals surface area contributed by atoms with Crippen molar-refractivity contribution >= 4 is 27.3 Å². The quantitative estimate of drug-likeness (QED) is 0.523. The van der Waals surface area contributed by atoms with Crippen molar-refractivity contribution in [1.29, 1.82) is 0 Å². The summed E-state index contributed by atoms with van der Waals surface area (Å²) in [5.41, 5.74) is 1.17. The topological polar surface area (TPSA) is 132 Å². The summed E-state index contributed by atoms with van der Waals surface area (Å²) in [5, 5.41) is 2.71. The Hall–Kier alpha value is -3.66. The number of hydrogen-bond donors (Lipinski definition) is 3. The van der Waals surface area contributed by atoms with Crippen molar-refractivity contribution in [3.05, 3.63) is 85.7 Å². The van der Waals surface area contributed by atoms with Gasteiger partial charge in [0, 0.05) is 11.4 Å². The smallest absolute Gasteiger partial charge is 0.324 e. The summed E-state index contributed by atoms with van der Waals surface area (Å²) in [5.74, 6) is -0.583. The Morgan fingerprint density at radius 3 is 2.19 bits per heavy atom. The van der Waals surface area contributed by atoms with Gasteiger partial charge in [-0.25, -0.2) is 13.2 Å². The summed E-state index contributed by atoms with van der Waals surface area (Å²) in [4.78, 5) is 40.4. The molecule has 0 aliphatic heterocycles. The van der Waals surface area contributed by atoms with Crippen molar-refractivity contribution in [3.8, 4) is 0 Å². The SMILES string of the molecule is Cc1cc(C)cc(N(CC(=O)Nc2ccccc2C)S(=O)(=O)c2c(C)[nH]c(=O)[nH]c2=O)c1. The van der Waals surface area contributed by atoms with E-state index in [4.69, 9.17) is 0 Å². The molecule has 0 fully saturated rings. The fourth-order valence-corrected chi connectivity index (χ4v) is 5.07. The van der Waals surface area contributed by atoms with Gasteiger partial charge in [0.15, 0.2) is 4.90 Å². The van der Waals surface area contributed by atoms with E-state index in [1.54, 1.807) is 38.1 Å². The lowest BCUT2D eigenvalue weighted by molar-refractivity contribution is -0.114. The molecule has 10 heteroatoms. The molecule has 0 saturated carbocycles. The second-order valence-corrected chi connectivity index (χ2v) is 9.38. The predicted molar refractivity (Wildman–Crippen MR) is 123 cm³/mol. The van der Waals surface area contributed by atoms with Gasteiger partial charge in [-0.3, -0.25) is 18.9 Å². The molecule has 0 aliphatic rings. The number of amides is 1. The zero-order valence-electron chi connectivity index (χ0n) is 18.1. The zero-order chi connectivity index (χ0) is 23.6. The summed E-state index contributed by atoms with van der Waals surface area (Å²) >= 11 is 0. The number of aromatic amines is 2. The van der Waals surface area contributed by atoms with E-state index < -0.39 is 38.6 Å². The molecule has 3 rings (SSSR count). The molecule has 0 aliphatic carbocycles. The maximum Gasteiger partial charge on any atom is 0.325 e. The normalized spacial score (nSPS) is 11.2. The van der Waals surface area contributed by atoms with Crippen molar-refractivity contribution in [2.24, 2.45) is 0 Å². The minimum absolute atomic E-state index is 0.118. The van der Waals surface area contributed by atoms with Gasteiger partial charge in [-0.15, -0.1) is 0 Å². The molecule has 1 aromatic heterocycles. The molecule has 0 spiro atoms. The Labute approximate surface area is 185 Å². The Morgan fingerprint density at radius 2 is 1.59 bits per heavy atom. The average molecular weight is 457 g/mol. The van der Waals surface area contributed by atoms with E-state index in [-0.39, 0.29) is 11.4 Å². The van der Waals surface area contributed by atoms with Gasteiger partial charge in [0.1, 0.15) is 6.54 Å². The van der Waals surface area contributed by atoms with Crippen molar-refractivity contribution in [2.75, 3.05) is 16.2 Å². The number of aryl methyl sites for hydroxylation is 4. The number of para-hydroxylation sites is 1. The minimum Gasteiger partial charge on any atom is -0.324 e. The Morgan fingerprint density at radius 1 is 0.969 bits per heavy atom. The van der Waals surface area contributed by atoms with E-state index >= 15 is 0 Å². The van der Waals surface area contributed by atoms with Crippen LogP contribution in [0.2, 0.25) is 0 Å². The number of H-pyrrole nitrogens is 2. The van der Waals surface area contributed by atoms with Gasteiger partial charge in [0.25, 0.3) is 15.6 Å². The van der Waals surface area contributed by atoms with Crippen LogP contribution in [0.25, 0.3) is 0 Å². The number of carbonyl (C=O) groups excluding carboxylic acids is 1. The molecule has 0 saturated heterocycles. The first-order valence-corrected chi connectivity index (χ1v) is 11.2. The molecule has 9 nitrogen and oxygen atoms in total. The van der Waals surface area contributed by atoms with Crippen LogP contribution in [-0.2, 0) is 14.8 Å². The van der Waals surface area contributed by atoms with Crippen LogP contribution in [0.15, 0.2) is 56.9 Å². The van der Waals surface area contributed by atoms with Crippen LogP contribution < -0.4 is 20.9 Å². The first-order valence-electron chi connectivity index (χ1n) is 9.79. The average Bonchev–Trinajstić information content (AvgIpc) is 2.66. The largest absolute Gasteiger partial charge is 0.325 e. The van der Waals surface area contributed by atoms with Gasteiger partial charge in [-0.2, -0.15) is 0 Å². The third kappa shape index (κ3) is 4.80. The minimum atomic E-state index is -4.50. The van der Waals surface area contributed by atoms with E-state index in [1.165, 1.54) is 6.92 Å². The van der Waals surface area contributed by atoms with Crippen molar-refractivity contribution in [2.45, 2.75) is 32.6 Å². The van der Waals surface area contributed by atoms with E-state index in [2.05, 4.69) is 10.3 Å². The number of carbonyl (C=O) groups is 1. The first kappa shape index (κ1) is 23.0. The standard InChI is InChI=1S/C22H24N4O5S/c1-13-9-14(2)11-17(10-13)26(12-19(27)24-18-8-6-5-7-15(18)3)32(30,31)20-16(4)23-22(29)25-21(20)28/h5-11H,12H2,1-4H3,(H,24,27)(H2,23,25,28,29). The fraction of sp³-hybridized carbons (Fsp3) is 0.227. The number of benzene rings is 2. The van der Waals surface area contributed by atoms with Crippen LogP contribution in [0.3, 0.4) is 0 Å². The molecule has 3 N–H and O–H groups in total. The maximum absolute atomic E-state index is 13.6. The summed E-state index contributed by atoms with van der Waals surface area (Å²) in [6.45, 7) is 6.16. The van der Waals surface area contributed by atoms with Crippen molar-refractivity contribution < 1.29 is 13.2 Å². The van der Waals surface area contributed by atoms with Gasteiger partial charge in [0.05, 0.1) is 5.69 Å². The molecule has 0 atom stereocenters. The monoisotopic (exact) mass is 456 g/mol. The lowest BCUT2D eigenvalue weighted by Gasteiger charge is -2.25. The molecule has 32 heavy (non-hydrogen) atoms. The van der Waals surface area contributed by atoms with E-state index in [9.17, 15) is 22.8 Å². The van der Waals surface area contributed by atoms with Gasteiger partial charge in [0.2, 0.25) is 5.91 Å². The van der Waals surface area contributed by atoms with Gasteiger partial charge in [-0.05, 0) is 62.6 Å². The molecule has 0 unspecified atom stereocenters. The maximum atomic E-state index is 13.6. The van der Waals surface area contributed by atoms with E-state index in [1.807, 2.05) is 30.1 Å². The van der Waals surface area contributed by atoms with E-state index in [0.29, 0.717) is 5.69 Å². The molecule has 3 aromatic rings. The number of sulfonamides is 1. The highest BCUT2D eigenvalue weighted by atomic mass is 32.2. The molecular formula is C22H24N4O5S. The second-order valence-electron chi connectivity index (χ2n) is 7.58. The van der Waals surface area contributed by atoms with Crippen molar-refractivity contribution in [1.82, 2.24) is 9.97 Å². The summed E-state index contributed by atoms with van der Waals surface area (Å²) in [6, 6.07) is 12.2. The first-order chi connectivity index (χ1) is 15.0. The predicted octanol–water partition coefficient (Wildman–Crippen LogP) is 2.13. The second kappa shape index (κ2) is 8.83. The third-order valence-corrected chi connectivity index (χ3v) is 6.75. The zero-order valence-corrected chi connectivity index (χ0v) is 19.0. The number of aromatic nitrogens is 2. The van der Waals surface area contributed by atoms with Gasteiger partial charge in [-0.1, -0.05) is 24.3 Å². The number of hydrogen-bond acceptors (Lipinski definition) is 5. The molecule has 2 aromatic carbocycles.